The number of ether oxygens (including phenoxy) is 3. The summed E-state index contributed by atoms with van der Waals surface area (Å²) in [7, 11) is 1.63. The average Bonchev–Trinajstić information content (AvgIpc) is 3.30. The molecule has 1 aromatic carbocycles. The lowest BCUT2D eigenvalue weighted by Gasteiger charge is -2.17. The van der Waals surface area contributed by atoms with E-state index in [0.717, 1.165) is 49.4 Å². The Hall–Kier alpha value is -2.80. The number of aromatic carboxylic acids is 1. The van der Waals surface area contributed by atoms with E-state index in [1.54, 1.807) is 19.4 Å². The minimum absolute atomic E-state index is 0.227. The molecule has 3 heterocycles. The SMILES string of the molecule is COc1cc(CN2CCC(Cc3cncc(C(=O)O)c3)C2)cc2c1OCO2. The minimum atomic E-state index is -0.936. The minimum Gasteiger partial charge on any atom is -0.493 e. The number of carboxylic acids is 1. The first-order valence-electron chi connectivity index (χ1n) is 8.98. The highest BCUT2D eigenvalue weighted by molar-refractivity contribution is 5.87. The fraction of sp³-hybridized carbons (Fsp3) is 0.400. The van der Waals surface area contributed by atoms with Gasteiger partial charge in [0.25, 0.3) is 0 Å². The van der Waals surface area contributed by atoms with Crippen molar-refractivity contribution in [3.63, 3.8) is 0 Å². The van der Waals surface area contributed by atoms with Gasteiger partial charge in [0.05, 0.1) is 12.7 Å². The Morgan fingerprint density at radius 3 is 3.00 bits per heavy atom. The lowest BCUT2D eigenvalue weighted by atomic mass is 9.99. The smallest absolute Gasteiger partial charge is 0.337 e. The van der Waals surface area contributed by atoms with Gasteiger partial charge in [0, 0.05) is 25.5 Å². The highest BCUT2D eigenvalue weighted by Crippen LogP contribution is 2.42. The summed E-state index contributed by atoms with van der Waals surface area (Å²) in [6.07, 6.45) is 5.08. The second-order valence-electron chi connectivity index (χ2n) is 7.01. The van der Waals surface area contributed by atoms with Crippen molar-refractivity contribution in [2.75, 3.05) is 27.0 Å². The molecule has 2 aromatic rings. The Labute approximate surface area is 157 Å². The number of nitrogens with zero attached hydrogens (tertiary/aromatic N) is 2. The van der Waals surface area contributed by atoms with Crippen LogP contribution in [0, 0.1) is 5.92 Å². The fourth-order valence-electron chi connectivity index (χ4n) is 3.81. The van der Waals surface area contributed by atoms with Crippen LogP contribution >= 0.6 is 0 Å². The number of fused-ring (bicyclic) bond motifs is 1. The molecule has 1 saturated heterocycles. The molecule has 1 fully saturated rings. The van der Waals surface area contributed by atoms with Crippen LogP contribution in [0.15, 0.2) is 30.6 Å². The van der Waals surface area contributed by atoms with Crippen molar-refractivity contribution < 1.29 is 24.1 Å². The number of hydrogen-bond donors (Lipinski definition) is 1. The van der Waals surface area contributed by atoms with Crippen molar-refractivity contribution in [2.24, 2.45) is 5.92 Å². The van der Waals surface area contributed by atoms with E-state index < -0.39 is 5.97 Å². The van der Waals surface area contributed by atoms with Gasteiger partial charge in [-0.25, -0.2) is 4.79 Å². The fourth-order valence-corrected chi connectivity index (χ4v) is 3.81. The number of rotatable bonds is 6. The van der Waals surface area contributed by atoms with Crippen molar-refractivity contribution in [3.05, 3.63) is 47.3 Å². The molecule has 1 atom stereocenters. The summed E-state index contributed by atoms with van der Waals surface area (Å²) in [6.45, 7) is 3.02. The first kappa shape index (κ1) is 17.6. The number of methoxy groups -OCH3 is 1. The van der Waals surface area contributed by atoms with E-state index in [-0.39, 0.29) is 12.4 Å². The predicted molar refractivity (Wildman–Crippen MR) is 97.4 cm³/mol. The maximum Gasteiger partial charge on any atom is 0.337 e. The number of hydrogen-bond acceptors (Lipinski definition) is 6. The topological polar surface area (TPSA) is 81.1 Å². The number of carbonyl (C=O) groups is 1. The van der Waals surface area contributed by atoms with Crippen molar-refractivity contribution in [1.29, 1.82) is 0 Å². The number of aromatic nitrogens is 1. The summed E-state index contributed by atoms with van der Waals surface area (Å²) in [6, 6.07) is 5.74. The van der Waals surface area contributed by atoms with E-state index in [9.17, 15) is 4.79 Å². The Morgan fingerprint density at radius 2 is 2.19 bits per heavy atom. The Kier molecular flexibility index (Phi) is 4.85. The highest BCUT2D eigenvalue weighted by atomic mass is 16.7. The maximum atomic E-state index is 11.1. The van der Waals surface area contributed by atoms with Gasteiger partial charge in [0.15, 0.2) is 11.5 Å². The van der Waals surface area contributed by atoms with Gasteiger partial charge in [0.2, 0.25) is 12.5 Å². The van der Waals surface area contributed by atoms with Gasteiger partial charge in [-0.1, -0.05) is 0 Å². The van der Waals surface area contributed by atoms with Crippen LogP contribution in [0.1, 0.15) is 27.9 Å². The zero-order chi connectivity index (χ0) is 18.8. The van der Waals surface area contributed by atoms with E-state index >= 15 is 0 Å². The van der Waals surface area contributed by atoms with Gasteiger partial charge in [-0.05, 0) is 54.6 Å². The third-order valence-electron chi connectivity index (χ3n) is 5.06. The third-order valence-corrected chi connectivity index (χ3v) is 5.06. The standard InChI is InChI=1S/C20H22N2O5/c1-25-17-6-15(7-18-19(17)27-12-26-18)11-22-3-2-13(10-22)4-14-5-16(20(23)24)9-21-8-14/h5-9,13H,2-4,10-12H2,1H3,(H,23,24). The van der Waals surface area contributed by atoms with E-state index in [0.29, 0.717) is 17.4 Å². The number of benzene rings is 1. The maximum absolute atomic E-state index is 11.1. The number of likely N-dealkylation sites (tertiary alicyclic amines) is 1. The average molecular weight is 370 g/mol. The van der Waals surface area contributed by atoms with E-state index in [1.165, 1.54) is 6.20 Å². The predicted octanol–water partition coefficient (Wildman–Crippen LogP) is 2.58. The molecule has 0 amide bonds. The largest absolute Gasteiger partial charge is 0.493 e. The molecular formula is C20H22N2O5. The molecule has 27 heavy (non-hydrogen) atoms. The van der Waals surface area contributed by atoms with Crippen LogP contribution < -0.4 is 14.2 Å². The second kappa shape index (κ2) is 7.44. The molecule has 0 radical (unpaired) electrons. The first-order chi connectivity index (χ1) is 13.1. The van der Waals surface area contributed by atoms with Gasteiger partial charge in [-0.3, -0.25) is 9.88 Å². The quantitative estimate of drug-likeness (QED) is 0.837. The Bertz CT molecular complexity index is 854. The van der Waals surface area contributed by atoms with Crippen LogP contribution in [0.4, 0.5) is 0 Å². The van der Waals surface area contributed by atoms with Gasteiger partial charge in [0.1, 0.15) is 0 Å². The van der Waals surface area contributed by atoms with Crippen molar-refractivity contribution in [1.82, 2.24) is 9.88 Å². The van der Waals surface area contributed by atoms with E-state index in [4.69, 9.17) is 19.3 Å². The van der Waals surface area contributed by atoms with Crippen molar-refractivity contribution in [2.45, 2.75) is 19.4 Å². The summed E-state index contributed by atoms with van der Waals surface area (Å²) in [5.74, 6) is 1.66. The third kappa shape index (κ3) is 3.83. The first-order valence-corrected chi connectivity index (χ1v) is 8.98. The number of carboxylic acid groups (broad SMARTS) is 1. The zero-order valence-electron chi connectivity index (χ0n) is 15.2. The molecule has 0 aliphatic carbocycles. The van der Waals surface area contributed by atoms with Crippen LogP contribution in [-0.2, 0) is 13.0 Å². The van der Waals surface area contributed by atoms with Gasteiger partial charge in [-0.2, -0.15) is 0 Å². The summed E-state index contributed by atoms with van der Waals surface area (Å²) >= 11 is 0. The molecule has 142 valence electrons. The van der Waals surface area contributed by atoms with Crippen molar-refractivity contribution >= 4 is 5.97 Å². The van der Waals surface area contributed by atoms with Gasteiger partial charge < -0.3 is 19.3 Å². The Balaban J connectivity index is 1.39. The highest BCUT2D eigenvalue weighted by Gasteiger charge is 2.25. The molecule has 2 aliphatic rings. The molecule has 1 N–H and O–H groups in total. The van der Waals surface area contributed by atoms with Gasteiger partial charge >= 0.3 is 5.97 Å². The molecule has 0 bridgehead atoms. The zero-order valence-corrected chi connectivity index (χ0v) is 15.2. The molecule has 4 rings (SSSR count). The second-order valence-corrected chi connectivity index (χ2v) is 7.01. The van der Waals surface area contributed by atoms with E-state index in [2.05, 4.69) is 9.88 Å². The van der Waals surface area contributed by atoms with Gasteiger partial charge in [-0.15, -0.1) is 0 Å². The monoisotopic (exact) mass is 370 g/mol. The van der Waals surface area contributed by atoms with Crippen LogP contribution in [0.25, 0.3) is 0 Å². The Morgan fingerprint density at radius 1 is 1.30 bits per heavy atom. The van der Waals surface area contributed by atoms with Crippen LogP contribution in [0.3, 0.4) is 0 Å². The summed E-state index contributed by atoms with van der Waals surface area (Å²) in [4.78, 5) is 17.6. The summed E-state index contributed by atoms with van der Waals surface area (Å²) < 4.78 is 16.4. The summed E-state index contributed by atoms with van der Waals surface area (Å²) in [5.41, 5.74) is 2.35. The molecule has 1 aromatic heterocycles. The van der Waals surface area contributed by atoms with E-state index in [1.807, 2.05) is 12.1 Å². The van der Waals surface area contributed by atoms with Crippen LogP contribution in [-0.4, -0.2) is 48.0 Å². The van der Waals surface area contributed by atoms with Crippen molar-refractivity contribution in [3.8, 4) is 17.2 Å². The molecule has 0 saturated carbocycles. The summed E-state index contributed by atoms with van der Waals surface area (Å²) in [5, 5.41) is 9.11. The lowest BCUT2D eigenvalue weighted by Crippen LogP contribution is -2.20. The number of pyridine rings is 1. The normalized spacial score (nSPS) is 18.6. The van der Waals surface area contributed by atoms with Crippen LogP contribution in [0.2, 0.25) is 0 Å². The molecule has 0 spiro atoms. The molecule has 1 unspecified atom stereocenters. The lowest BCUT2D eigenvalue weighted by molar-refractivity contribution is 0.0696. The molecule has 7 nitrogen and oxygen atoms in total. The molecule has 7 heteroatoms. The molecular weight excluding hydrogens is 348 g/mol. The van der Waals surface area contributed by atoms with Crippen LogP contribution in [0.5, 0.6) is 17.2 Å². The molecule has 2 aliphatic heterocycles.